The second-order valence-corrected chi connectivity index (χ2v) is 6.00. The monoisotopic (exact) mass is 351 g/mol. The maximum atomic E-state index is 5.35. The molecule has 0 aliphatic carbocycles. The molecule has 2 aromatic heterocycles. The highest BCUT2D eigenvalue weighted by molar-refractivity contribution is 5.79. The Labute approximate surface area is 154 Å². The van der Waals surface area contributed by atoms with Crippen LogP contribution in [-0.4, -0.2) is 28.6 Å². The van der Waals surface area contributed by atoms with E-state index in [1.165, 1.54) is 11.1 Å². The number of aliphatic imine (C=N–C) groups is 1. The molecule has 0 radical (unpaired) electrons. The fraction of sp³-hybridized carbons (Fsp3) is 0.300. The Balaban J connectivity index is 1.51. The lowest BCUT2D eigenvalue weighted by Gasteiger charge is -2.11. The van der Waals surface area contributed by atoms with E-state index in [4.69, 9.17) is 4.42 Å². The molecule has 2 heterocycles. The average Bonchev–Trinajstić information content (AvgIpc) is 3.35. The standard InChI is InChI=1S/C20H25N5O/c1-2-22-20(23-10-9-19-4-3-13-26-19)24-14-17-5-7-18(8-6-17)15-25-12-11-21-16-25/h3-8,11-13,16H,2,9-10,14-15H2,1H3,(H2,22,23,24). The molecule has 3 aromatic rings. The Morgan fingerprint density at radius 1 is 1.15 bits per heavy atom. The van der Waals surface area contributed by atoms with E-state index in [2.05, 4.69) is 56.4 Å². The first-order valence-corrected chi connectivity index (χ1v) is 8.91. The van der Waals surface area contributed by atoms with Crippen LogP contribution >= 0.6 is 0 Å². The van der Waals surface area contributed by atoms with Crippen LogP contribution in [0.4, 0.5) is 0 Å². The molecule has 6 nitrogen and oxygen atoms in total. The van der Waals surface area contributed by atoms with Crippen LogP contribution in [0.25, 0.3) is 0 Å². The van der Waals surface area contributed by atoms with Crippen molar-refractivity contribution in [1.82, 2.24) is 20.2 Å². The fourth-order valence-corrected chi connectivity index (χ4v) is 2.61. The number of guanidine groups is 1. The van der Waals surface area contributed by atoms with Gasteiger partial charge in [-0.3, -0.25) is 0 Å². The van der Waals surface area contributed by atoms with Crippen molar-refractivity contribution in [3.63, 3.8) is 0 Å². The van der Waals surface area contributed by atoms with Crippen LogP contribution in [0, 0.1) is 0 Å². The maximum absolute atomic E-state index is 5.35. The van der Waals surface area contributed by atoms with Gasteiger partial charge >= 0.3 is 0 Å². The summed E-state index contributed by atoms with van der Waals surface area (Å²) in [6.45, 7) is 5.15. The van der Waals surface area contributed by atoms with E-state index in [1.807, 2.05) is 24.7 Å². The van der Waals surface area contributed by atoms with E-state index in [1.54, 1.807) is 12.5 Å². The molecular formula is C20H25N5O. The minimum atomic E-state index is 0.640. The van der Waals surface area contributed by atoms with Crippen molar-refractivity contribution in [3.8, 4) is 0 Å². The quantitative estimate of drug-likeness (QED) is 0.484. The van der Waals surface area contributed by atoms with Gasteiger partial charge in [-0.05, 0) is 30.2 Å². The number of furan rings is 1. The van der Waals surface area contributed by atoms with Gasteiger partial charge < -0.3 is 19.6 Å². The van der Waals surface area contributed by atoms with E-state index < -0.39 is 0 Å². The van der Waals surface area contributed by atoms with E-state index in [0.29, 0.717) is 6.54 Å². The van der Waals surface area contributed by atoms with Gasteiger partial charge in [0.05, 0.1) is 19.1 Å². The van der Waals surface area contributed by atoms with Gasteiger partial charge in [0.1, 0.15) is 5.76 Å². The molecule has 2 N–H and O–H groups in total. The maximum Gasteiger partial charge on any atom is 0.191 e. The Morgan fingerprint density at radius 3 is 2.69 bits per heavy atom. The lowest BCUT2D eigenvalue weighted by molar-refractivity contribution is 0.507. The third-order valence-electron chi connectivity index (χ3n) is 3.96. The van der Waals surface area contributed by atoms with Crippen LogP contribution in [-0.2, 0) is 19.5 Å². The van der Waals surface area contributed by atoms with Crippen LogP contribution in [0.3, 0.4) is 0 Å². The number of benzene rings is 1. The molecule has 0 bridgehead atoms. The number of nitrogens with zero attached hydrogens (tertiary/aromatic N) is 3. The minimum Gasteiger partial charge on any atom is -0.469 e. The van der Waals surface area contributed by atoms with Crippen LogP contribution < -0.4 is 10.6 Å². The zero-order valence-electron chi connectivity index (χ0n) is 15.1. The highest BCUT2D eigenvalue weighted by Gasteiger charge is 2.00. The van der Waals surface area contributed by atoms with Gasteiger partial charge in [0, 0.05) is 38.4 Å². The lowest BCUT2D eigenvalue weighted by Crippen LogP contribution is -2.38. The van der Waals surface area contributed by atoms with Gasteiger partial charge in [-0.2, -0.15) is 0 Å². The molecule has 0 aliphatic rings. The molecule has 0 atom stereocenters. The van der Waals surface area contributed by atoms with Gasteiger partial charge in [0.15, 0.2) is 5.96 Å². The first-order valence-electron chi connectivity index (χ1n) is 8.91. The van der Waals surface area contributed by atoms with Crippen LogP contribution in [0.5, 0.6) is 0 Å². The first kappa shape index (κ1) is 17.8. The normalized spacial score (nSPS) is 11.5. The summed E-state index contributed by atoms with van der Waals surface area (Å²) in [5.74, 6) is 1.79. The summed E-state index contributed by atoms with van der Waals surface area (Å²) in [5.41, 5.74) is 2.43. The Kier molecular flexibility index (Phi) is 6.47. The van der Waals surface area contributed by atoms with Gasteiger partial charge in [-0.25, -0.2) is 9.98 Å². The molecule has 0 fully saturated rings. The molecule has 136 valence electrons. The van der Waals surface area contributed by atoms with Crippen molar-refractivity contribution in [3.05, 3.63) is 78.3 Å². The topological polar surface area (TPSA) is 67.4 Å². The SMILES string of the molecule is CCNC(=NCc1ccc(Cn2ccnc2)cc1)NCCc1ccco1. The first-order chi connectivity index (χ1) is 12.8. The summed E-state index contributed by atoms with van der Waals surface area (Å²) in [7, 11) is 0. The highest BCUT2D eigenvalue weighted by atomic mass is 16.3. The van der Waals surface area contributed by atoms with Gasteiger partial charge in [-0.15, -0.1) is 0 Å². The molecule has 6 heteroatoms. The predicted molar refractivity (Wildman–Crippen MR) is 103 cm³/mol. The van der Waals surface area contributed by atoms with Crippen molar-refractivity contribution >= 4 is 5.96 Å². The molecule has 1 aromatic carbocycles. The smallest absolute Gasteiger partial charge is 0.191 e. The number of nitrogens with one attached hydrogen (secondary N) is 2. The van der Waals surface area contributed by atoms with Gasteiger partial charge in [0.2, 0.25) is 0 Å². The number of rotatable bonds is 8. The predicted octanol–water partition coefficient (Wildman–Crippen LogP) is 2.82. The average molecular weight is 351 g/mol. The molecule has 0 spiro atoms. The van der Waals surface area contributed by atoms with Gasteiger partial charge in [-0.1, -0.05) is 24.3 Å². The Hall–Kier alpha value is -3.02. The van der Waals surface area contributed by atoms with E-state index in [0.717, 1.165) is 37.8 Å². The molecule has 0 amide bonds. The van der Waals surface area contributed by atoms with Crippen molar-refractivity contribution in [1.29, 1.82) is 0 Å². The lowest BCUT2D eigenvalue weighted by atomic mass is 10.1. The van der Waals surface area contributed by atoms with Crippen molar-refractivity contribution in [2.45, 2.75) is 26.4 Å². The zero-order valence-corrected chi connectivity index (χ0v) is 15.1. The molecule has 0 unspecified atom stereocenters. The molecule has 0 aliphatic heterocycles. The largest absolute Gasteiger partial charge is 0.469 e. The van der Waals surface area contributed by atoms with Crippen molar-refractivity contribution in [2.75, 3.05) is 13.1 Å². The molecule has 0 saturated carbocycles. The molecule has 3 rings (SSSR count). The summed E-state index contributed by atoms with van der Waals surface area (Å²) in [6, 6.07) is 12.4. The van der Waals surface area contributed by atoms with Crippen molar-refractivity contribution < 1.29 is 4.42 Å². The third-order valence-corrected chi connectivity index (χ3v) is 3.96. The highest BCUT2D eigenvalue weighted by Crippen LogP contribution is 2.07. The van der Waals surface area contributed by atoms with Crippen LogP contribution in [0.2, 0.25) is 0 Å². The number of hydrogen-bond acceptors (Lipinski definition) is 3. The summed E-state index contributed by atoms with van der Waals surface area (Å²) in [5, 5.41) is 6.61. The Bertz CT molecular complexity index is 776. The fourth-order valence-electron chi connectivity index (χ4n) is 2.61. The minimum absolute atomic E-state index is 0.640. The van der Waals surface area contributed by atoms with Gasteiger partial charge in [0.25, 0.3) is 0 Å². The molecule has 26 heavy (non-hydrogen) atoms. The van der Waals surface area contributed by atoms with Crippen LogP contribution in [0.15, 0.2) is 70.8 Å². The van der Waals surface area contributed by atoms with E-state index in [-0.39, 0.29) is 0 Å². The second kappa shape index (κ2) is 9.46. The zero-order chi connectivity index (χ0) is 18.0. The van der Waals surface area contributed by atoms with E-state index >= 15 is 0 Å². The summed E-state index contributed by atoms with van der Waals surface area (Å²) in [6.07, 6.45) is 8.13. The summed E-state index contributed by atoms with van der Waals surface area (Å²) in [4.78, 5) is 8.72. The molecular weight excluding hydrogens is 326 g/mol. The third kappa shape index (κ3) is 5.51. The Morgan fingerprint density at radius 2 is 2.00 bits per heavy atom. The summed E-state index contributed by atoms with van der Waals surface area (Å²) < 4.78 is 7.40. The number of imidazole rings is 1. The second-order valence-electron chi connectivity index (χ2n) is 6.00. The summed E-state index contributed by atoms with van der Waals surface area (Å²) >= 11 is 0. The van der Waals surface area contributed by atoms with Crippen molar-refractivity contribution in [2.24, 2.45) is 4.99 Å². The number of aromatic nitrogens is 2. The molecule has 0 saturated heterocycles. The number of hydrogen-bond donors (Lipinski definition) is 2. The van der Waals surface area contributed by atoms with Crippen LogP contribution in [0.1, 0.15) is 23.8 Å². The van der Waals surface area contributed by atoms with E-state index in [9.17, 15) is 0 Å².